The Bertz CT molecular complexity index is 557. The summed E-state index contributed by atoms with van der Waals surface area (Å²) in [6.45, 7) is 2.62. The van der Waals surface area contributed by atoms with Gasteiger partial charge in [-0.25, -0.2) is 9.07 Å². The molecule has 0 saturated carbocycles. The molecule has 1 atom stereocenters. The summed E-state index contributed by atoms with van der Waals surface area (Å²) >= 11 is 0. The van der Waals surface area contributed by atoms with Crippen molar-refractivity contribution in [3.63, 3.8) is 0 Å². The zero-order chi connectivity index (χ0) is 13.8. The predicted octanol–water partition coefficient (Wildman–Crippen LogP) is 1.92. The summed E-state index contributed by atoms with van der Waals surface area (Å²) in [4.78, 5) is 0. The molecule has 1 aromatic carbocycles. The highest BCUT2D eigenvalue weighted by molar-refractivity contribution is 5.33. The molecule has 1 heterocycles. The Balaban J connectivity index is 2.33. The first-order valence-electron chi connectivity index (χ1n) is 6.07. The van der Waals surface area contributed by atoms with Crippen LogP contribution in [0.4, 0.5) is 4.39 Å². The van der Waals surface area contributed by atoms with E-state index in [1.165, 1.54) is 25.4 Å². The summed E-state index contributed by atoms with van der Waals surface area (Å²) in [5.41, 5.74) is 0.659. The zero-order valence-corrected chi connectivity index (χ0v) is 10.9. The minimum absolute atomic E-state index is 0.181. The molecule has 0 saturated heterocycles. The minimum atomic E-state index is -1.09. The number of aromatic nitrogens is 3. The molecule has 5 nitrogen and oxygen atoms in total. The molecule has 102 valence electrons. The van der Waals surface area contributed by atoms with Gasteiger partial charge in [-0.1, -0.05) is 12.1 Å². The van der Waals surface area contributed by atoms with Crippen molar-refractivity contribution in [2.45, 2.75) is 26.0 Å². The SMILES string of the molecule is CCCn1nncc1C(O)c1ccc(OC)cc1F. The summed E-state index contributed by atoms with van der Waals surface area (Å²) < 4.78 is 20.4. The molecular formula is C13H16FN3O2. The highest BCUT2D eigenvalue weighted by Crippen LogP contribution is 2.26. The van der Waals surface area contributed by atoms with Gasteiger partial charge in [0.1, 0.15) is 17.7 Å². The first-order valence-corrected chi connectivity index (χ1v) is 6.07. The molecule has 2 rings (SSSR count). The molecule has 0 spiro atoms. The number of halogens is 1. The first kappa shape index (κ1) is 13.5. The van der Waals surface area contributed by atoms with Gasteiger partial charge in [0.05, 0.1) is 19.0 Å². The summed E-state index contributed by atoms with van der Waals surface area (Å²) in [7, 11) is 1.46. The molecule has 1 aromatic heterocycles. The average molecular weight is 265 g/mol. The van der Waals surface area contributed by atoms with Crippen molar-refractivity contribution >= 4 is 0 Å². The number of nitrogens with zero attached hydrogens (tertiary/aromatic N) is 3. The molecule has 0 aliphatic carbocycles. The molecule has 0 amide bonds. The Morgan fingerprint density at radius 2 is 2.26 bits per heavy atom. The zero-order valence-electron chi connectivity index (χ0n) is 10.9. The molecule has 19 heavy (non-hydrogen) atoms. The van der Waals surface area contributed by atoms with Crippen LogP contribution in [0.15, 0.2) is 24.4 Å². The second-order valence-electron chi connectivity index (χ2n) is 4.17. The van der Waals surface area contributed by atoms with Gasteiger partial charge in [0.15, 0.2) is 0 Å². The van der Waals surface area contributed by atoms with E-state index in [1.807, 2.05) is 6.92 Å². The predicted molar refractivity (Wildman–Crippen MR) is 67.3 cm³/mol. The molecule has 6 heteroatoms. The Morgan fingerprint density at radius 1 is 1.47 bits per heavy atom. The van der Waals surface area contributed by atoms with Crippen LogP contribution < -0.4 is 4.74 Å². The lowest BCUT2D eigenvalue weighted by Gasteiger charge is -2.13. The van der Waals surface area contributed by atoms with Crippen LogP contribution in [0, 0.1) is 5.82 Å². The van der Waals surface area contributed by atoms with E-state index in [2.05, 4.69) is 10.3 Å². The third kappa shape index (κ3) is 2.73. The van der Waals surface area contributed by atoms with Gasteiger partial charge in [-0.3, -0.25) is 0 Å². The second kappa shape index (κ2) is 5.79. The van der Waals surface area contributed by atoms with Gasteiger partial charge in [-0.2, -0.15) is 0 Å². The van der Waals surface area contributed by atoms with Crippen LogP contribution in [0.2, 0.25) is 0 Å². The number of hydrogen-bond donors (Lipinski definition) is 1. The van der Waals surface area contributed by atoms with E-state index < -0.39 is 11.9 Å². The largest absolute Gasteiger partial charge is 0.497 e. The van der Waals surface area contributed by atoms with Gasteiger partial charge in [0, 0.05) is 18.2 Å². The van der Waals surface area contributed by atoms with Crippen LogP contribution in [0.5, 0.6) is 5.75 Å². The Hall–Kier alpha value is -1.95. The van der Waals surface area contributed by atoms with E-state index >= 15 is 0 Å². The van der Waals surface area contributed by atoms with Gasteiger partial charge < -0.3 is 9.84 Å². The Morgan fingerprint density at radius 3 is 2.89 bits per heavy atom. The Labute approximate surface area is 110 Å². The lowest BCUT2D eigenvalue weighted by Crippen LogP contribution is -2.11. The molecular weight excluding hydrogens is 249 g/mol. The van der Waals surface area contributed by atoms with E-state index in [-0.39, 0.29) is 5.56 Å². The lowest BCUT2D eigenvalue weighted by atomic mass is 10.1. The number of aliphatic hydroxyl groups excluding tert-OH is 1. The van der Waals surface area contributed by atoms with E-state index in [9.17, 15) is 9.50 Å². The smallest absolute Gasteiger partial charge is 0.133 e. The average Bonchev–Trinajstić information content (AvgIpc) is 2.86. The van der Waals surface area contributed by atoms with Crippen molar-refractivity contribution in [2.75, 3.05) is 7.11 Å². The fourth-order valence-corrected chi connectivity index (χ4v) is 1.88. The first-order chi connectivity index (χ1) is 9.17. The maximum absolute atomic E-state index is 13.9. The van der Waals surface area contributed by atoms with E-state index in [0.717, 1.165) is 6.42 Å². The topological polar surface area (TPSA) is 60.2 Å². The van der Waals surface area contributed by atoms with Crippen molar-refractivity contribution in [1.29, 1.82) is 0 Å². The van der Waals surface area contributed by atoms with Gasteiger partial charge in [-0.05, 0) is 18.6 Å². The van der Waals surface area contributed by atoms with Gasteiger partial charge >= 0.3 is 0 Å². The number of ether oxygens (including phenoxy) is 1. The number of benzene rings is 1. The molecule has 0 bridgehead atoms. The van der Waals surface area contributed by atoms with Crippen LogP contribution in [-0.4, -0.2) is 27.2 Å². The van der Waals surface area contributed by atoms with Gasteiger partial charge in [0.2, 0.25) is 0 Å². The van der Waals surface area contributed by atoms with Crippen LogP contribution in [0.25, 0.3) is 0 Å². The highest BCUT2D eigenvalue weighted by Gasteiger charge is 2.19. The van der Waals surface area contributed by atoms with E-state index in [1.54, 1.807) is 10.7 Å². The third-order valence-corrected chi connectivity index (χ3v) is 2.87. The summed E-state index contributed by atoms with van der Waals surface area (Å²) in [6.07, 6.45) is 1.21. The van der Waals surface area contributed by atoms with Crippen LogP contribution in [0.3, 0.4) is 0 Å². The van der Waals surface area contributed by atoms with Gasteiger partial charge in [0.25, 0.3) is 0 Å². The summed E-state index contributed by atoms with van der Waals surface area (Å²) in [6, 6.07) is 4.35. The molecule has 0 aliphatic heterocycles. The summed E-state index contributed by atoms with van der Waals surface area (Å²) in [5, 5.41) is 17.9. The lowest BCUT2D eigenvalue weighted by molar-refractivity contribution is 0.202. The molecule has 0 radical (unpaired) electrons. The molecule has 0 aliphatic rings. The minimum Gasteiger partial charge on any atom is -0.497 e. The number of aryl methyl sites for hydroxylation is 1. The molecule has 2 aromatic rings. The number of rotatable bonds is 5. The molecule has 1 unspecified atom stereocenters. The second-order valence-corrected chi connectivity index (χ2v) is 4.17. The maximum atomic E-state index is 13.9. The van der Waals surface area contributed by atoms with E-state index in [0.29, 0.717) is 18.0 Å². The number of hydrogen-bond acceptors (Lipinski definition) is 4. The van der Waals surface area contributed by atoms with Crippen LogP contribution in [0.1, 0.15) is 30.7 Å². The van der Waals surface area contributed by atoms with Crippen molar-refractivity contribution in [3.8, 4) is 5.75 Å². The van der Waals surface area contributed by atoms with Crippen LogP contribution in [-0.2, 0) is 6.54 Å². The fourth-order valence-electron chi connectivity index (χ4n) is 1.88. The van der Waals surface area contributed by atoms with Crippen molar-refractivity contribution < 1.29 is 14.2 Å². The normalized spacial score (nSPS) is 12.4. The van der Waals surface area contributed by atoms with Crippen LogP contribution >= 0.6 is 0 Å². The van der Waals surface area contributed by atoms with Crippen molar-refractivity contribution in [3.05, 3.63) is 41.5 Å². The fraction of sp³-hybridized carbons (Fsp3) is 0.385. The Kier molecular flexibility index (Phi) is 4.11. The highest BCUT2D eigenvalue weighted by atomic mass is 19.1. The third-order valence-electron chi connectivity index (χ3n) is 2.87. The molecule has 0 fully saturated rings. The standard InChI is InChI=1S/C13H16FN3O2/c1-3-6-17-12(8-15-16-17)13(18)10-5-4-9(19-2)7-11(10)14/h4-5,7-8,13,18H,3,6H2,1-2H3. The van der Waals surface area contributed by atoms with E-state index in [4.69, 9.17) is 4.74 Å². The number of methoxy groups -OCH3 is 1. The molecule has 1 N–H and O–H groups in total. The maximum Gasteiger partial charge on any atom is 0.133 e. The quantitative estimate of drug-likeness (QED) is 0.897. The van der Waals surface area contributed by atoms with Gasteiger partial charge in [-0.15, -0.1) is 5.10 Å². The van der Waals surface area contributed by atoms with Crippen molar-refractivity contribution in [2.24, 2.45) is 0 Å². The number of aliphatic hydroxyl groups is 1. The summed E-state index contributed by atoms with van der Waals surface area (Å²) in [5.74, 6) is -0.107. The van der Waals surface area contributed by atoms with Crippen molar-refractivity contribution in [1.82, 2.24) is 15.0 Å². The monoisotopic (exact) mass is 265 g/mol.